The first-order chi connectivity index (χ1) is 8.81. The molecule has 0 unspecified atom stereocenters. The van der Waals surface area contributed by atoms with E-state index in [9.17, 15) is 9.59 Å². The lowest BCUT2D eigenvalue weighted by Gasteiger charge is -2.01. The van der Waals surface area contributed by atoms with Crippen LogP contribution in [0.1, 0.15) is 84.0 Å². The summed E-state index contributed by atoms with van der Waals surface area (Å²) in [6.07, 6.45) is 14.3. The molecule has 0 bridgehead atoms. The van der Waals surface area contributed by atoms with Crippen LogP contribution in [-0.4, -0.2) is 11.7 Å². The molecule has 18 heavy (non-hydrogen) atoms. The van der Waals surface area contributed by atoms with Gasteiger partial charge in [-0.3, -0.25) is 4.79 Å². The third-order valence-electron chi connectivity index (χ3n) is 3.20. The molecule has 0 aliphatic heterocycles. The van der Waals surface area contributed by atoms with Gasteiger partial charge in [0.1, 0.15) is 11.7 Å². The molecular weight excluding hydrogens is 224 g/mol. The lowest BCUT2D eigenvalue weighted by Crippen LogP contribution is -1.97. The predicted octanol–water partition coefficient (Wildman–Crippen LogP) is 4.64. The van der Waals surface area contributed by atoms with E-state index < -0.39 is 0 Å². The topological polar surface area (TPSA) is 34.1 Å². The lowest BCUT2D eigenvalue weighted by molar-refractivity contribution is -0.119. The highest BCUT2D eigenvalue weighted by Gasteiger charge is 2.01. The van der Waals surface area contributed by atoms with E-state index in [1.54, 1.807) is 12.0 Å². The molecule has 2 nitrogen and oxygen atoms in total. The summed E-state index contributed by atoms with van der Waals surface area (Å²) in [6.45, 7) is 2.20. The number of unbranched alkanes of at least 4 members (excludes halogenated alkanes) is 8. The van der Waals surface area contributed by atoms with Gasteiger partial charge in [0.15, 0.2) is 0 Å². The molecular formula is C16H28O2. The number of hydrogen-bond donors (Lipinski definition) is 0. The highest BCUT2D eigenvalue weighted by molar-refractivity contribution is 5.78. The highest BCUT2D eigenvalue weighted by atomic mass is 16.1. The van der Waals surface area contributed by atoms with Gasteiger partial charge in [-0.2, -0.15) is 0 Å². The third-order valence-corrected chi connectivity index (χ3v) is 3.20. The fraction of sp³-hybridized carbons (Fsp3) is 0.812. The molecule has 0 aromatic heterocycles. The molecule has 0 aliphatic carbocycles. The van der Waals surface area contributed by atoms with Crippen molar-refractivity contribution in [2.24, 2.45) is 0 Å². The predicted molar refractivity (Wildman–Crippen MR) is 76.3 cm³/mol. The van der Waals surface area contributed by atoms with Crippen LogP contribution in [0.25, 0.3) is 0 Å². The fourth-order valence-corrected chi connectivity index (χ4v) is 2.03. The van der Waals surface area contributed by atoms with Crippen molar-refractivity contribution in [3.8, 4) is 0 Å². The first-order valence-corrected chi connectivity index (χ1v) is 7.52. The van der Waals surface area contributed by atoms with Gasteiger partial charge in [-0.25, -0.2) is 4.79 Å². The van der Waals surface area contributed by atoms with Gasteiger partial charge in [0, 0.05) is 12.8 Å². The number of hydrogen-bond acceptors (Lipinski definition) is 2. The Balaban J connectivity index is 3.19. The minimum Gasteiger partial charge on any atom is -0.300 e. The number of ketones is 1. The Labute approximate surface area is 112 Å². The summed E-state index contributed by atoms with van der Waals surface area (Å²) in [4.78, 5) is 21.5. The number of carbonyl (C=O) groups is 1. The zero-order valence-corrected chi connectivity index (χ0v) is 11.9. The van der Waals surface area contributed by atoms with Crippen molar-refractivity contribution >= 4 is 11.7 Å². The largest absolute Gasteiger partial charge is 0.300 e. The maximum absolute atomic E-state index is 11.6. The van der Waals surface area contributed by atoms with E-state index in [1.807, 2.05) is 0 Å². The van der Waals surface area contributed by atoms with Crippen LogP contribution < -0.4 is 0 Å². The van der Waals surface area contributed by atoms with Crippen LogP contribution in [0, 0.1) is 0 Å². The minimum atomic E-state index is 0.430. The van der Waals surface area contributed by atoms with Crippen molar-refractivity contribution in [1.82, 2.24) is 0 Å². The van der Waals surface area contributed by atoms with E-state index in [4.69, 9.17) is 0 Å². The molecule has 0 radical (unpaired) electrons. The lowest BCUT2D eigenvalue weighted by atomic mass is 10.0. The SMILES string of the molecule is CCCCCCCC(=O)CCCCCCC=C=O. The molecule has 0 saturated carbocycles. The Morgan fingerprint density at radius 1 is 0.889 bits per heavy atom. The monoisotopic (exact) mass is 252 g/mol. The Kier molecular flexibility index (Phi) is 13.5. The van der Waals surface area contributed by atoms with Crippen molar-refractivity contribution < 1.29 is 9.59 Å². The van der Waals surface area contributed by atoms with Gasteiger partial charge in [-0.1, -0.05) is 45.4 Å². The van der Waals surface area contributed by atoms with E-state index in [0.29, 0.717) is 5.78 Å². The summed E-state index contributed by atoms with van der Waals surface area (Å²) in [5, 5.41) is 0. The average Bonchev–Trinajstić information content (AvgIpc) is 2.37. The van der Waals surface area contributed by atoms with Gasteiger partial charge in [0.05, 0.1) is 0 Å². The van der Waals surface area contributed by atoms with Crippen LogP contribution in [0.3, 0.4) is 0 Å². The van der Waals surface area contributed by atoms with Crippen LogP contribution in [-0.2, 0) is 9.59 Å². The van der Waals surface area contributed by atoms with Crippen LogP contribution in [0.4, 0.5) is 0 Å². The first-order valence-electron chi connectivity index (χ1n) is 7.52. The molecule has 104 valence electrons. The summed E-state index contributed by atoms with van der Waals surface area (Å²) in [5.41, 5.74) is 0. The van der Waals surface area contributed by atoms with Crippen molar-refractivity contribution in [2.75, 3.05) is 0 Å². The highest BCUT2D eigenvalue weighted by Crippen LogP contribution is 2.10. The molecule has 0 aromatic rings. The maximum atomic E-state index is 11.6. The molecule has 0 heterocycles. The van der Waals surface area contributed by atoms with Crippen molar-refractivity contribution in [3.05, 3.63) is 6.08 Å². The molecule has 0 rings (SSSR count). The van der Waals surface area contributed by atoms with Gasteiger partial charge in [-0.05, 0) is 31.8 Å². The van der Waals surface area contributed by atoms with E-state index in [1.165, 1.54) is 25.7 Å². The fourth-order valence-electron chi connectivity index (χ4n) is 2.03. The molecule has 0 fully saturated rings. The Morgan fingerprint density at radius 2 is 1.44 bits per heavy atom. The van der Waals surface area contributed by atoms with Crippen molar-refractivity contribution in [1.29, 1.82) is 0 Å². The third kappa shape index (κ3) is 13.2. The Bertz CT molecular complexity index is 239. The minimum absolute atomic E-state index is 0.430. The molecule has 2 heteroatoms. The standard InChI is InChI=1S/C16H28O2/c1-2-3-4-7-10-13-16(18)14-11-8-5-6-9-12-15-17/h12H,2-11,13-14H2,1H3. The second-order valence-electron chi connectivity index (χ2n) is 4.98. The Morgan fingerprint density at radius 3 is 2.00 bits per heavy atom. The second-order valence-corrected chi connectivity index (χ2v) is 4.98. The van der Waals surface area contributed by atoms with E-state index in [2.05, 4.69) is 6.92 Å². The molecule has 0 aromatic carbocycles. The number of carbonyl (C=O) groups excluding carboxylic acids is 2. The summed E-state index contributed by atoms with van der Waals surface area (Å²) < 4.78 is 0. The summed E-state index contributed by atoms with van der Waals surface area (Å²) in [5.74, 6) is 2.22. The summed E-state index contributed by atoms with van der Waals surface area (Å²) in [6, 6.07) is 0. The molecule has 0 aliphatic rings. The van der Waals surface area contributed by atoms with E-state index in [0.717, 1.165) is 51.4 Å². The second kappa shape index (κ2) is 14.2. The maximum Gasteiger partial charge on any atom is 0.132 e. The van der Waals surface area contributed by atoms with Crippen molar-refractivity contribution in [3.63, 3.8) is 0 Å². The first kappa shape index (κ1) is 17.1. The van der Waals surface area contributed by atoms with Gasteiger partial charge in [0.2, 0.25) is 0 Å². The van der Waals surface area contributed by atoms with E-state index >= 15 is 0 Å². The molecule has 0 N–H and O–H groups in total. The van der Waals surface area contributed by atoms with Gasteiger partial charge < -0.3 is 0 Å². The number of Topliss-reactive ketones (excluding diaryl/α,β-unsaturated/α-hetero) is 1. The Hall–Kier alpha value is -0.880. The normalized spacial score (nSPS) is 10.1. The van der Waals surface area contributed by atoms with Gasteiger partial charge >= 0.3 is 0 Å². The molecule has 0 spiro atoms. The molecule has 0 atom stereocenters. The van der Waals surface area contributed by atoms with E-state index in [-0.39, 0.29) is 0 Å². The van der Waals surface area contributed by atoms with Gasteiger partial charge in [0.25, 0.3) is 0 Å². The molecule has 0 amide bonds. The quantitative estimate of drug-likeness (QED) is 0.353. The number of allylic oxidation sites excluding steroid dienone is 1. The van der Waals surface area contributed by atoms with Crippen LogP contribution in [0.5, 0.6) is 0 Å². The van der Waals surface area contributed by atoms with Crippen LogP contribution in [0.2, 0.25) is 0 Å². The van der Waals surface area contributed by atoms with Crippen LogP contribution in [0.15, 0.2) is 6.08 Å². The van der Waals surface area contributed by atoms with Crippen LogP contribution >= 0.6 is 0 Å². The average molecular weight is 252 g/mol. The van der Waals surface area contributed by atoms with Crippen molar-refractivity contribution in [2.45, 2.75) is 84.0 Å². The van der Waals surface area contributed by atoms with Gasteiger partial charge in [-0.15, -0.1) is 0 Å². The molecule has 0 saturated heterocycles. The zero-order chi connectivity index (χ0) is 13.5. The zero-order valence-electron chi connectivity index (χ0n) is 11.9. The summed E-state index contributed by atoms with van der Waals surface area (Å²) in [7, 11) is 0. The smallest absolute Gasteiger partial charge is 0.132 e. The number of rotatable bonds is 13. The summed E-state index contributed by atoms with van der Waals surface area (Å²) >= 11 is 0.